The molecular weight excluding hydrogens is 362 g/mol. The average Bonchev–Trinajstić information content (AvgIpc) is 2.83. The number of aryl methyl sites for hydroxylation is 2. The van der Waals surface area contributed by atoms with Crippen LogP contribution in [0.5, 0.6) is 5.75 Å². The number of benzene rings is 1. The molecule has 0 unspecified atom stereocenters. The van der Waals surface area contributed by atoms with E-state index in [9.17, 15) is 17.6 Å². The van der Waals surface area contributed by atoms with Gasteiger partial charge >= 0.3 is 6.18 Å². The summed E-state index contributed by atoms with van der Waals surface area (Å²) in [6.45, 7) is 2.91. The second kappa shape index (κ2) is 5.87. The van der Waals surface area contributed by atoms with Gasteiger partial charge in [-0.05, 0) is 26.0 Å². The molecule has 0 saturated carbocycles. The van der Waals surface area contributed by atoms with Gasteiger partial charge in [-0.15, -0.1) is 0 Å². The van der Waals surface area contributed by atoms with E-state index in [-0.39, 0.29) is 38.9 Å². The molecule has 0 bridgehead atoms. The summed E-state index contributed by atoms with van der Waals surface area (Å²) >= 11 is 6.04. The van der Waals surface area contributed by atoms with Crippen molar-refractivity contribution < 1.29 is 22.3 Å². The summed E-state index contributed by atoms with van der Waals surface area (Å²) in [5.41, 5.74) is -0.583. The van der Waals surface area contributed by atoms with Crippen LogP contribution in [0.15, 0.2) is 18.2 Å². The molecule has 132 valence electrons. The van der Waals surface area contributed by atoms with Crippen molar-refractivity contribution in [3.63, 3.8) is 0 Å². The number of methoxy groups -OCH3 is 1. The normalized spacial score (nSPS) is 12.0. The topological polar surface area (TPSA) is 39.4 Å². The minimum atomic E-state index is -4.63. The minimum Gasteiger partial charge on any atom is -0.495 e. The zero-order valence-corrected chi connectivity index (χ0v) is 14.1. The van der Waals surface area contributed by atoms with Crippen molar-refractivity contribution in [2.75, 3.05) is 7.11 Å². The Morgan fingerprint density at radius 1 is 1.16 bits per heavy atom. The van der Waals surface area contributed by atoms with E-state index in [4.69, 9.17) is 16.3 Å². The van der Waals surface area contributed by atoms with Crippen molar-refractivity contribution >= 4 is 17.2 Å². The van der Waals surface area contributed by atoms with Gasteiger partial charge in [-0.2, -0.15) is 18.3 Å². The van der Waals surface area contributed by atoms with Crippen LogP contribution in [0, 0.1) is 19.7 Å². The van der Waals surface area contributed by atoms with E-state index in [0.29, 0.717) is 4.52 Å². The number of rotatable bonds is 2. The van der Waals surface area contributed by atoms with E-state index < -0.39 is 17.7 Å². The Hall–Kier alpha value is -2.35. The van der Waals surface area contributed by atoms with Crippen molar-refractivity contribution in [3.05, 3.63) is 46.1 Å². The summed E-state index contributed by atoms with van der Waals surface area (Å²) in [6.07, 6.45) is -4.63. The fourth-order valence-electron chi connectivity index (χ4n) is 2.64. The van der Waals surface area contributed by atoms with Crippen LogP contribution in [-0.2, 0) is 6.18 Å². The highest BCUT2D eigenvalue weighted by molar-refractivity contribution is 6.32. The molecule has 3 aromatic rings. The third kappa shape index (κ3) is 2.90. The van der Waals surface area contributed by atoms with E-state index in [1.165, 1.54) is 27.0 Å². The standard InChI is InChI=1S/C16H12ClF4N3O/c1-7-4-13(16(19,20)21)24-15(22-7)14(8(2)23-24)9-5-10(17)12(25-3)6-11(9)18/h4-6H,1-3H3. The molecular formula is C16H12ClF4N3O. The highest BCUT2D eigenvalue weighted by Gasteiger charge is 2.35. The lowest BCUT2D eigenvalue weighted by Gasteiger charge is -2.10. The van der Waals surface area contributed by atoms with Gasteiger partial charge in [0.05, 0.1) is 23.4 Å². The predicted octanol–water partition coefficient (Wildman–Crippen LogP) is 4.83. The lowest BCUT2D eigenvalue weighted by molar-refractivity contribution is -0.142. The molecule has 3 rings (SSSR count). The third-order valence-electron chi connectivity index (χ3n) is 3.69. The van der Waals surface area contributed by atoms with E-state index in [2.05, 4.69) is 10.1 Å². The molecule has 0 fully saturated rings. The third-order valence-corrected chi connectivity index (χ3v) is 3.99. The second-order valence-corrected chi connectivity index (χ2v) is 5.85. The maximum absolute atomic E-state index is 14.5. The molecule has 2 heterocycles. The maximum Gasteiger partial charge on any atom is 0.433 e. The second-order valence-electron chi connectivity index (χ2n) is 5.44. The van der Waals surface area contributed by atoms with Gasteiger partial charge in [0.1, 0.15) is 17.3 Å². The Balaban J connectivity index is 2.37. The first-order valence-electron chi connectivity index (χ1n) is 7.11. The van der Waals surface area contributed by atoms with Gasteiger partial charge in [-0.1, -0.05) is 11.6 Å². The van der Waals surface area contributed by atoms with Crippen molar-refractivity contribution in [1.82, 2.24) is 14.6 Å². The molecule has 0 amide bonds. The van der Waals surface area contributed by atoms with Crippen LogP contribution in [0.1, 0.15) is 17.1 Å². The van der Waals surface area contributed by atoms with Crippen molar-refractivity contribution in [1.29, 1.82) is 0 Å². The minimum absolute atomic E-state index is 0.00419. The molecule has 0 aliphatic heterocycles. The van der Waals surface area contributed by atoms with Gasteiger partial charge in [-0.25, -0.2) is 13.9 Å². The molecule has 0 aliphatic rings. The lowest BCUT2D eigenvalue weighted by Crippen LogP contribution is -2.13. The molecule has 25 heavy (non-hydrogen) atoms. The van der Waals surface area contributed by atoms with Crippen LogP contribution in [-0.4, -0.2) is 21.7 Å². The van der Waals surface area contributed by atoms with Gasteiger partial charge in [0.25, 0.3) is 0 Å². The number of alkyl halides is 3. The SMILES string of the molecule is COc1cc(F)c(-c2c(C)nn3c(C(F)(F)F)cc(C)nc23)cc1Cl. The van der Waals surface area contributed by atoms with E-state index in [1.807, 2.05) is 0 Å². The van der Waals surface area contributed by atoms with Gasteiger partial charge in [0, 0.05) is 17.3 Å². The summed E-state index contributed by atoms with van der Waals surface area (Å²) < 4.78 is 60.0. The maximum atomic E-state index is 14.5. The molecule has 2 aromatic heterocycles. The Kier molecular flexibility index (Phi) is 4.10. The summed E-state index contributed by atoms with van der Waals surface area (Å²) in [7, 11) is 1.33. The van der Waals surface area contributed by atoms with E-state index in [1.54, 1.807) is 0 Å². The van der Waals surface area contributed by atoms with Crippen molar-refractivity contribution in [2.45, 2.75) is 20.0 Å². The Bertz CT molecular complexity index is 982. The average molecular weight is 374 g/mol. The van der Waals surface area contributed by atoms with Crippen molar-refractivity contribution in [2.24, 2.45) is 0 Å². The van der Waals surface area contributed by atoms with E-state index in [0.717, 1.165) is 12.1 Å². The van der Waals surface area contributed by atoms with Gasteiger partial charge < -0.3 is 4.74 Å². The molecule has 0 aliphatic carbocycles. The zero-order chi connectivity index (χ0) is 18.5. The number of hydrogen-bond donors (Lipinski definition) is 0. The highest BCUT2D eigenvalue weighted by Crippen LogP contribution is 2.38. The Morgan fingerprint density at radius 2 is 1.84 bits per heavy atom. The van der Waals surface area contributed by atoms with Crippen LogP contribution in [0.2, 0.25) is 5.02 Å². The van der Waals surface area contributed by atoms with Gasteiger partial charge in [-0.3, -0.25) is 0 Å². The number of hydrogen-bond acceptors (Lipinski definition) is 3. The first-order chi connectivity index (χ1) is 11.6. The molecule has 0 spiro atoms. The molecule has 1 aromatic carbocycles. The Labute approximate surface area is 145 Å². The Morgan fingerprint density at radius 3 is 2.44 bits per heavy atom. The summed E-state index contributed by atoms with van der Waals surface area (Å²) in [4.78, 5) is 4.12. The van der Waals surface area contributed by atoms with Gasteiger partial charge in [0.15, 0.2) is 5.65 Å². The van der Waals surface area contributed by atoms with E-state index >= 15 is 0 Å². The summed E-state index contributed by atoms with van der Waals surface area (Å²) in [6, 6.07) is 3.25. The molecule has 0 saturated heterocycles. The van der Waals surface area contributed by atoms with Crippen LogP contribution >= 0.6 is 11.6 Å². The number of fused-ring (bicyclic) bond motifs is 1. The first kappa shape index (κ1) is 17.5. The van der Waals surface area contributed by atoms with Crippen molar-refractivity contribution in [3.8, 4) is 16.9 Å². The molecule has 0 atom stereocenters. The summed E-state index contributed by atoms with van der Waals surface area (Å²) in [5.74, 6) is -0.576. The molecule has 0 N–H and O–H groups in total. The number of aromatic nitrogens is 3. The quantitative estimate of drug-likeness (QED) is 0.604. The smallest absolute Gasteiger partial charge is 0.433 e. The zero-order valence-electron chi connectivity index (χ0n) is 13.4. The predicted molar refractivity (Wildman–Crippen MR) is 84.4 cm³/mol. The van der Waals surface area contributed by atoms with Crippen LogP contribution in [0.4, 0.5) is 17.6 Å². The fraction of sp³-hybridized carbons (Fsp3) is 0.250. The number of ether oxygens (including phenoxy) is 1. The van der Waals surface area contributed by atoms with Crippen LogP contribution < -0.4 is 4.74 Å². The lowest BCUT2D eigenvalue weighted by atomic mass is 10.1. The first-order valence-corrected chi connectivity index (χ1v) is 7.49. The monoisotopic (exact) mass is 373 g/mol. The molecule has 9 heteroatoms. The number of nitrogens with zero attached hydrogens (tertiary/aromatic N) is 3. The fourth-order valence-corrected chi connectivity index (χ4v) is 2.88. The molecule has 4 nitrogen and oxygen atoms in total. The number of halogens is 5. The van der Waals surface area contributed by atoms with Crippen LogP contribution in [0.25, 0.3) is 16.8 Å². The molecule has 0 radical (unpaired) electrons. The van der Waals surface area contributed by atoms with Crippen LogP contribution in [0.3, 0.4) is 0 Å². The summed E-state index contributed by atoms with van der Waals surface area (Å²) in [5, 5.41) is 4.03. The van der Waals surface area contributed by atoms with Gasteiger partial charge in [0.2, 0.25) is 0 Å². The highest BCUT2D eigenvalue weighted by atomic mass is 35.5. The largest absolute Gasteiger partial charge is 0.495 e.